The SMILES string of the molecule is CN(Cc1cc(Br)ccc1F)C(=O)C1=NN(c2ccccc2)C(C(N)=O)C1. The summed E-state index contributed by atoms with van der Waals surface area (Å²) in [7, 11) is 1.57. The number of hydrogen-bond acceptors (Lipinski definition) is 4. The normalized spacial score (nSPS) is 16.2. The first-order chi connectivity index (χ1) is 12.9. The van der Waals surface area contributed by atoms with Gasteiger partial charge in [-0.3, -0.25) is 14.6 Å². The Labute approximate surface area is 164 Å². The lowest BCUT2D eigenvalue weighted by molar-refractivity contribution is -0.123. The maximum absolute atomic E-state index is 14.0. The van der Waals surface area contributed by atoms with Crippen molar-refractivity contribution in [2.24, 2.45) is 10.8 Å². The molecule has 8 heteroatoms. The molecule has 0 saturated carbocycles. The van der Waals surface area contributed by atoms with Gasteiger partial charge >= 0.3 is 0 Å². The van der Waals surface area contributed by atoms with E-state index in [0.717, 1.165) is 4.47 Å². The summed E-state index contributed by atoms with van der Waals surface area (Å²) in [6.45, 7) is 0.0791. The third-order valence-electron chi connectivity index (χ3n) is 4.27. The van der Waals surface area contributed by atoms with Gasteiger partial charge in [-0.25, -0.2) is 4.39 Å². The molecular weight excluding hydrogens is 415 g/mol. The Morgan fingerprint density at radius 1 is 1.30 bits per heavy atom. The molecule has 2 amide bonds. The van der Waals surface area contributed by atoms with Crippen molar-refractivity contribution < 1.29 is 14.0 Å². The fourth-order valence-electron chi connectivity index (χ4n) is 2.89. The van der Waals surface area contributed by atoms with Crippen LogP contribution < -0.4 is 10.7 Å². The van der Waals surface area contributed by atoms with Crippen molar-refractivity contribution in [3.63, 3.8) is 0 Å². The molecule has 0 fully saturated rings. The van der Waals surface area contributed by atoms with E-state index < -0.39 is 17.8 Å². The lowest BCUT2D eigenvalue weighted by Crippen LogP contribution is -2.40. The maximum Gasteiger partial charge on any atom is 0.270 e. The molecule has 1 aliphatic rings. The zero-order chi connectivity index (χ0) is 19.6. The van der Waals surface area contributed by atoms with E-state index in [2.05, 4.69) is 21.0 Å². The van der Waals surface area contributed by atoms with Crippen molar-refractivity contribution in [3.05, 3.63) is 64.4 Å². The zero-order valence-corrected chi connectivity index (χ0v) is 16.2. The molecule has 140 valence electrons. The molecule has 27 heavy (non-hydrogen) atoms. The molecule has 2 N–H and O–H groups in total. The summed E-state index contributed by atoms with van der Waals surface area (Å²) in [6, 6.07) is 12.9. The van der Waals surface area contributed by atoms with Gasteiger partial charge in [0.2, 0.25) is 5.91 Å². The van der Waals surface area contributed by atoms with Crippen molar-refractivity contribution in [2.45, 2.75) is 19.0 Å². The van der Waals surface area contributed by atoms with Gasteiger partial charge in [0.05, 0.1) is 5.69 Å². The summed E-state index contributed by atoms with van der Waals surface area (Å²) in [5, 5.41) is 5.78. The Kier molecular flexibility index (Phi) is 5.55. The molecule has 6 nitrogen and oxygen atoms in total. The second-order valence-electron chi connectivity index (χ2n) is 6.25. The third kappa shape index (κ3) is 4.16. The Bertz CT molecular complexity index is 904. The van der Waals surface area contributed by atoms with E-state index >= 15 is 0 Å². The predicted molar refractivity (Wildman–Crippen MR) is 105 cm³/mol. The van der Waals surface area contributed by atoms with E-state index in [1.165, 1.54) is 16.0 Å². The number of primary amides is 1. The van der Waals surface area contributed by atoms with Crippen LogP contribution in [0, 0.1) is 5.82 Å². The average Bonchev–Trinajstić information content (AvgIpc) is 3.10. The van der Waals surface area contributed by atoms with Crippen LogP contribution in [0.1, 0.15) is 12.0 Å². The summed E-state index contributed by atoms with van der Waals surface area (Å²) in [5.74, 6) is -1.34. The summed E-state index contributed by atoms with van der Waals surface area (Å²) in [4.78, 5) is 26.0. The summed E-state index contributed by atoms with van der Waals surface area (Å²) in [6.07, 6.45) is 0.106. The number of nitrogens with two attached hydrogens (primary N) is 1. The number of carbonyl (C=O) groups is 2. The number of nitrogens with zero attached hydrogens (tertiary/aromatic N) is 3. The molecule has 0 radical (unpaired) electrons. The van der Waals surface area contributed by atoms with Gasteiger partial charge in [0.1, 0.15) is 17.6 Å². The fraction of sp³-hybridized carbons (Fsp3) is 0.211. The van der Waals surface area contributed by atoms with Crippen LogP contribution in [-0.4, -0.2) is 35.5 Å². The minimum Gasteiger partial charge on any atom is -0.368 e. The predicted octanol–water partition coefficient (Wildman–Crippen LogP) is 2.67. The second kappa shape index (κ2) is 7.87. The van der Waals surface area contributed by atoms with Gasteiger partial charge in [-0.05, 0) is 30.3 Å². The minimum absolute atomic E-state index is 0.0791. The van der Waals surface area contributed by atoms with Gasteiger partial charge in [-0.1, -0.05) is 34.1 Å². The van der Waals surface area contributed by atoms with Crippen LogP contribution in [-0.2, 0) is 16.1 Å². The Morgan fingerprint density at radius 2 is 2.00 bits per heavy atom. The quantitative estimate of drug-likeness (QED) is 0.788. The average molecular weight is 433 g/mol. The number of para-hydroxylation sites is 1. The second-order valence-corrected chi connectivity index (χ2v) is 7.16. The lowest BCUT2D eigenvalue weighted by atomic mass is 10.1. The van der Waals surface area contributed by atoms with Crippen molar-refractivity contribution in [2.75, 3.05) is 12.1 Å². The molecule has 1 aliphatic heterocycles. The van der Waals surface area contributed by atoms with E-state index in [1.807, 2.05) is 18.2 Å². The highest BCUT2D eigenvalue weighted by molar-refractivity contribution is 9.10. The number of carbonyl (C=O) groups excluding carboxylic acids is 2. The molecule has 3 rings (SSSR count). The lowest BCUT2D eigenvalue weighted by Gasteiger charge is -2.20. The molecule has 0 aromatic heterocycles. The number of hydrazone groups is 1. The molecule has 1 unspecified atom stereocenters. The number of benzene rings is 2. The molecule has 0 saturated heterocycles. The smallest absolute Gasteiger partial charge is 0.270 e. The van der Waals surface area contributed by atoms with Crippen molar-refractivity contribution in [3.8, 4) is 0 Å². The highest BCUT2D eigenvalue weighted by atomic mass is 79.9. The van der Waals surface area contributed by atoms with Gasteiger partial charge in [0, 0.05) is 30.0 Å². The van der Waals surface area contributed by atoms with Crippen LogP contribution in [0.4, 0.5) is 10.1 Å². The van der Waals surface area contributed by atoms with E-state index in [0.29, 0.717) is 11.3 Å². The summed E-state index contributed by atoms with van der Waals surface area (Å²) >= 11 is 3.30. The van der Waals surface area contributed by atoms with Gasteiger partial charge in [0.25, 0.3) is 5.91 Å². The van der Waals surface area contributed by atoms with E-state index in [4.69, 9.17) is 5.73 Å². The molecule has 1 heterocycles. The van der Waals surface area contributed by atoms with E-state index in [9.17, 15) is 14.0 Å². The summed E-state index contributed by atoms with van der Waals surface area (Å²) < 4.78 is 14.7. The molecule has 0 aliphatic carbocycles. The topological polar surface area (TPSA) is 79.0 Å². The molecule has 0 bridgehead atoms. The highest BCUT2D eigenvalue weighted by Crippen LogP contribution is 2.25. The minimum atomic E-state index is -0.734. The number of rotatable bonds is 5. The molecule has 0 spiro atoms. The third-order valence-corrected chi connectivity index (χ3v) is 4.76. The van der Waals surface area contributed by atoms with E-state index in [1.54, 1.807) is 31.3 Å². The molecule has 2 aromatic carbocycles. The van der Waals surface area contributed by atoms with Crippen LogP contribution >= 0.6 is 15.9 Å². The first-order valence-electron chi connectivity index (χ1n) is 8.27. The highest BCUT2D eigenvalue weighted by Gasteiger charge is 2.36. The monoisotopic (exact) mass is 432 g/mol. The molecule has 1 atom stereocenters. The number of amides is 2. The van der Waals surface area contributed by atoms with E-state index in [-0.39, 0.29) is 24.6 Å². The molecular formula is C19H18BrFN4O2. The van der Waals surface area contributed by atoms with Crippen LogP contribution in [0.2, 0.25) is 0 Å². The van der Waals surface area contributed by atoms with Gasteiger partial charge in [-0.15, -0.1) is 0 Å². The van der Waals surface area contributed by atoms with Crippen LogP contribution in [0.3, 0.4) is 0 Å². The summed E-state index contributed by atoms with van der Waals surface area (Å²) in [5.41, 5.74) is 6.75. The first kappa shape index (κ1) is 19.0. The Balaban J connectivity index is 1.81. The largest absolute Gasteiger partial charge is 0.368 e. The standard InChI is InChI=1S/C19H18BrFN4O2/c1-24(11-12-9-13(20)7-8-15(12)21)19(27)16-10-17(18(22)26)25(23-16)14-5-3-2-4-6-14/h2-9,17H,10-11H2,1H3,(H2,22,26). The fourth-order valence-corrected chi connectivity index (χ4v) is 3.30. The van der Waals surface area contributed by atoms with Crippen LogP contribution in [0.5, 0.6) is 0 Å². The van der Waals surface area contributed by atoms with Gasteiger partial charge < -0.3 is 10.6 Å². The maximum atomic E-state index is 14.0. The number of hydrogen-bond donors (Lipinski definition) is 1. The van der Waals surface area contributed by atoms with Gasteiger partial charge in [-0.2, -0.15) is 5.10 Å². The Hall–Kier alpha value is -2.74. The van der Waals surface area contributed by atoms with Crippen LogP contribution in [0.25, 0.3) is 0 Å². The number of anilines is 1. The van der Waals surface area contributed by atoms with Crippen LogP contribution in [0.15, 0.2) is 58.1 Å². The zero-order valence-electron chi connectivity index (χ0n) is 14.6. The van der Waals surface area contributed by atoms with Crippen molar-refractivity contribution in [1.82, 2.24) is 4.90 Å². The number of halogens is 2. The van der Waals surface area contributed by atoms with Crippen molar-refractivity contribution >= 4 is 39.1 Å². The Morgan fingerprint density at radius 3 is 2.67 bits per heavy atom. The first-order valence-corrected chi connectivity index (χ1v) is 9.06. The molecule has 2 aromatic rings. The van der Waals surface area contributed by atoms with Crippen molar-refractivity contribution in [1.29, 1.82) is 0 Å². The van der Waals surface area contributed by atoms with Gasteiger partial charge in [0.15, 0.2) is 0 Å².